The van der Waals surface area contributed by atoms with Crippen LogP contribution in [0.2, 0.25) is 0 Å². The highest BCUT2D eigenvalue weighted by Gasteiger charge is 2.44. The zero-order valence-corrected chi connectivity index (χ0v) is 7.02. The summed E-state index contributed by atoms with van der Waals surface area (Å²) in [5.41, 5.74) is -1.24. The van der Waals surface area contributed by atoms with Crippen LogP contribution in [0.1, 0.15) is 13.3 Å². The van der Waals surface area contributed by atoms with Crippen LogP contribution >= 0.6 is 0 Å². The third kappa shape index (κ3) is 1.38. The maximum Gasteiger partial charge on any atom is 0.279 e. The van der Waals surface area contributed by atoms with Crippen LogP contribution in [0.25, 0.3) is 0 Å². The minimum absolute atomic E-state index is 0.0567. The number of aliphatic hydroxyl groups is 1. The van der Waals surface area contributed by atoms with Crippen LogP contribution in [-0.2, 0) is 0 Å². The summed E-state index contributed by atoms with van der Waals surface area (Å²) in [6.07, 6.45) is 2.53. The SMILES string of the molecule is CC1([N+](=O)[O-])CC(C#N)=CC=C1O. The van der Waals surface area contributed by atoms with Crippen LogP contribution in [-0.4, -0.2) is 15.6 Å². The van der Waals surface area contributed by atoms with Crippen LogP contribution < -0.4 is 0 Å². The fourth-order valence-electron chi connectivity index (χ4n) is 1.11. The van der Waals surface area contributed by atoms with Crippen LogP contribution in [0.5, 0.6) is 0 Å². The lowest BCUT2D eigenvalue weighted by Crippen LogP contribution is -2.38. The van der Waals surface area contributed by atoms with Gasteiger partial charge in [-0.2, -0.15) is 5.26 Å². The van der Waals surface area contributed by atoms with E-state index in [1.54, 1.807) is 0 Å². The maximum absolute atomic E-state index is 10.6. The standard InChI is InChI=1S/C8H8N2O3/c1-8(10(12)13)4-6(5-9)2-3-7(8)11/h2-3,11H,4H2,1H3. The molecule has 0 aliphatic heterocycles. The van der Waals surface area contributed by atoms with E-state index in [9.17, 15) is 15.2 Å². The fourth-order valence-corrected chi connectivity index (χ4v) is 1.11. The second-order valence-electron chi connectivity index (χ2n) is 3.06. The highest BCUT2D eigenvalue weighted by Crippen LogP contribution is 2.29. The predicted molar refractivity (Wildman–Crippen MR) is 44.4 cm³/mol. The molecule has 1 aliphatic rings. The topological polar surface area (TPSA) is 87.2 Å². The van der Waals surface area contributed by atoms with Gasteiger partial charge in [-0.3, -0.25) is 10.1 Å². The quantitative estimate of drug-likeness (QED) is 0.486. The molecule has 0 bridgehead atoms. The van der Waals surface area contributed by atoms with E-state index in [4.69, 9.17) is 5.26 Å². The molecule has 0 aromatic carbocycles. The van der Waals surface area contributed by atoms with Gasteiger partial charge in [-0.05, 0) is 12.2 Å². The zero-order valence-electron chi connectivity index (χ0n) is 7.02. The molecular formula is C8H8N2O3. The Labute approximate surface area is 74.7 Å². The first-order valence-electron chi connectivity index (χ1n) is 3.65. The normalized spacial score (nSPS) is 27.1. The Kier molecular flexibility index (Phi) is 2.07. The number of rotatable bonds is 1. The van der Waals surface area contributed by atoms with Gasteiger partial charge in [0.25, 0.3) is 5.54 Å². The second-order valence-corrected chi connectivity index (χ2v) is 3.06. The Balaban J connectivity index is 3.09. The summed E-state index contributed by atoms with van der Waals surface area (Å²) >= 11 is 0. The number of allylic oxidation sites excluding steroid dienone is 2. The van der Waals surface area contributed by atoms with Gasteiger partial charge in [0.15, 0.2) is 5.76 Å². The van der Waals surface area contributed by atoms with Crippen molar-refractivity contribution < 1.29 is 10.0 Å². The third-order valence-electron chi connectivity index (χ3n) is 2.08. The fraction of sp³-hybridized carbons (Fsp3) is 0.375. The summed E-state index contributed by atoms with van der Waals surface area (Å²) in [5, 5.41) is 28.4. The van der Waals surface area contributed by atoms with Crippen LogP contribution in [0.3, 0.4) is 0 Å². The van der Waals surface area contributed by atoms with Gasteiger partial charge in [0, 0.05) is 17.4 Å². The first-order valence-corrected chi connectivity index (χ1v) is 3.65. The summed E-state index contributed by atoms with van der Waals surface area (Å²) < 4.78 is 0. The first-order chi connectivity index (χ1) is 6.00. The molecule has 0 radical (unpaired) electrons. The van der Waals surface area contributed by atoms with E-state index in [0.717, 1.165) is 0 Å². The van der Waals surface area contributed by atoms with Gasteiger partial charge in [0.2, 0.25) is 0 Å². The Bertz CT molecular complexity index is 351. The molecule has 1 atom stereocenters. The third-order valence-corrected chi connectivity index (χ3v) is 2.08. The Morgan fingerprint density at radius 2 is 2.38 bits per heavy atom. The van der Waals surface area contributed by atoms with E-state index in [2.05, 4.69) is 0 Å². The molecular weight excluding hydrogens is 172 g/mol. The lowest BCUT2D eigenvalue weighted by Gasteiger charge is -2.21. The molecule has 5 heteroatoms. The molecule has 0 saturated heterocycles. The largest absolute Gasteiger partial charge is 0.505 e. The minimum atomic E-state index is -1.54. The van der Waals surface area contributed by atoms with E-state index >= 15 is 0 Å². The predicted octanol–water partition coefficient (Wildman–Crippen LogP) is 1.32. The molecule has 1 aliphatic carbocycles. The summed E-state index contributed by atoms with van der Waals surface area (Å²) in [5.74, 6) is -0.309. The molecule has 13 heavy (non-hydrogen) atoms. The number of hydrogen-bond donors (Lipinski definition) is 1. The van der Waals surface area contributed by atoms with E-state index in [1.165, 1.54) is 19.1 Å². The molecule has 1 rings (SSSR count). The number of aliphatic hydroxyl groups excluding tert-OH is 1. The van der Waals surface area contributed by atoms with Gasteiger partial charge in [-0.1, -0.05) is 0 Å². The molecule has 1 unspecified atom stereocenters. The van der Waals surface area contributed by atoms with Crippen molar-refractivity contribution in [3.05, 3.63) is 33.6 Å². The number of nitro groups is 1. The Morgan fingerprint density at radius 3 is 2.85 bits per heavy atom. The zero-order chi connectivity index (χ0) is 10.1. The van der Waals surface area contributed by atoms with Crippen molar-refractivity contribution >= 4 is 0 Å². The summed E-state index contributed by atoms with van der Waals surface area (Å²) in [6.45, 7) is 1.29. The maximum atomic E-state index is 10.6. The molecule has 0 fully saturated rings. The summed E-state index contributed by atoms with van der Waals surface area (Å²) in [7, 11) is 0. The molecule has 0 amide bonds. The van der Waals surface area contributed by atoms with Gasteiger partial charge in [-0.25, -0.2) is 0 Å². The van der Waals surface area contributed by atoms with Gasteiger partial charge < -0.3 is 5.11 Å². The minimum Gasteiger partial charge on any atom is -0.505 e. The van der Waals surface area contributed by atoms with E-state index < -0.39 is 10.5 Å². The highest BCUT2D eigenvalue weighted by atomic mass is 16.6. The summed E-state index contributed by atoms with van der Waals surface area (Å²) in [6, 6.07) is 1.84. The molecule has 0 aromatic heterocycles. The van der Waals surface area contributed by atoms with Crippen LogP contribution in [0.15, 0.2) is 23.5 Å². The van der Waals surface area contributed by atoms with Gasteiger partial charge in [-0.15, -0.1) is 0 Å². The van der Waals surface area contributed by atoms with Crippen molar-refractivity contribution in [1.29, 1.82) is 5.26 Å². The summed E-state index contributed by atoms with van der Waals surface area (Å²) in [4.78, 5) is 10.0. The Morgan fingerprint density at radius 1 is 1.77 bits per heavy atom. The smallest absolute Gasteiger partial charge is 0.279 e. The molecule has 5 nitrogen and oxygen atoms in total. The molecule has 0 heterocycles. The first kappa shape index (κ1) is 9.26. The molecule has 0 spiro atoms. The molecule has 1 N–H and O–H groups in total. The van der Waals surface area contributed by atoms with Gasteiger partial charge >= 0.3 is 0 Å². The average molecular weight is 180 g/mol. The molecule has 0 saturated carbocycles. The van der Waals surface area contributed by atoms with E-state index in [1.807, 2.05) is 6.07 Å². The van der Waals surface area contributed by atoms with E-state index in [0.29, 0.717) is 5.57 Å². The van der Waals surface area contributed by atoms with E-state index in [-0.39, 0.29) is 12.2 Å². The van der Waals surface area contributed by atoms with Crippen molar-refractivity contribution in [2.75, 3.05) is 0 Å². The van der Waals surface area contributed by atoms with Crippen molar-refractivity contribution in [2.24, 2.45) is 0 Å². The highest BCUT2D eigenvalue weighted by molar-refractivity contribution is 5.35. The van der Waals surface area contributed by atoms with Gasteiger partial charge in [0.05, 0.1) is 12.5 Å². The lowest BCUT2D eigenvalue weighted by atomic mass is 9.87. The monoisotopic (exact) mass is 180 g/mol. The number of hydrogen-bond acceptors (Lipinski definition) is 4. The lowest BCUT2D eigenvalue weighted by molar-refractivity contribution is -0.557. The van der Waals surface area contributed by atoms with Crippen LogP contribution in [0.4, 0.5) is 0 Å². The second kappa shape index (κ2) is 2.90. The molecule has 68 valence electrons. The van der Waals surface area contributed by atoms with Crippen molar-refractivity contribution in [3.8, 4) is 6.07 Å². The number of nitrogens with zero attached hydrogens (tertiary/aromatic N) is 2. The Hall–Kier alpha value is -1.83. The van der Waals surface area contributed by atoms with Crippen molar-refractivity contribution in [3.63, 3.8) is 0 Å². The van der Waals surface area contributed by atoms with Crippen molar-refractivity contribution in [2.45, 2.75) is 18.9 Å². The van der Waals surface area contributed by atoms with Crippen molar-refractivity contribution in [1.82, 2.24) is 0 Å². The molecule has 0 aromatic rings. The average Bonchev–Trinajstić information content (AvgIpc) is 2.09. The van der Waals surface area contributed by atoms with Gasteiger partial charge in [0.1, 0.15) is 0 Å². The van der Waals surface area contributed by atoms with Crippen LogP contribution in [0, 0.1) is 21.4 Å². The number of nitriles is 1.